The normalized spacial score (nSPS) is 13.1. The van der Waals surface area contributed by atoms with Crippen LogP contribution < -0.4 is 0 Å². The van der Waals surface area contributed by atoms with Crippen molar-refractivity contribution in [3.05, 3.63) is 78.5 Å². The molecule has 0 aliphatic rings. The molecule has 0 bridgehead atoms. The second-order valence-corrected chi connectivity index (χ2v) is 5.63. The maximum Gasteiger partial charge on any atom is 2.00 e. The zero-order valence-electron chi connectivity index (χ0n) is 13.3. The quantitative estimate of drug-likeness (QED) is 0.556. The van der Waals surface area contributed by atoms with Gasteiger partial charge in [0.15, 0.2) is 0 Å². The van der Waals surface area contributed by atoms with Crippen LogP contribution in [-0.2, 0) is 27.5 Å². The van der Waals surface area contributed by atoms with Gasteiger partial charge in [-0.05, 0) is 5.56 Å². The molecule has 0 aliphatic carbocycles. The standard InChI is InChI=1S/C19H18N2O2.W/c1-13(2)18(22)15-8-10-16(11-9-15)19-20-17(23-21-19)12-14-6-4-3-5-7-14;/h3-8,10-11,13,18,22H,1,12H2,2H3;/q-2;+2. The molecule has 2 atom stereocenters. The van der Waals surface area contributed by atoms with Gasteiger partial charge in [-0.25, -0.2) is 4.98 Å². The summed E-state index contributed by atoms with van der Waals surface area (Å²) in [6.07, 6.45) is -0.0177. The largest absolute Gasteiger partial charge is 2.00 e. The van der Waals surface area contributed by atoms with E-state index in [4.69, 9.17) is 4.52 Å². The number of rotatable bonds is 5. The number of aromatic nitrogens is 2. The molecule has 0 amide bonds. The molecular weight excluding hydrogens is 472 g/mol. The number of hydrogen-bond donors (Lipinski definition) is 1. The first-order chi connectivity index (χ1) is 11.1. The van der Waals surface area contributed by atoms with Gasteiger partial charge in [0.25, 0.3) is 0 Å². The van der Waals surface area contributed by atoms with Gasteiger partial charge in [0, 0.05) is 6.10 Å². The van der Waals surface area contributed by atoms with Crippen LogP contribution >= 0.6 is 0 Å². The van der Waals surface area contributed by atoms with Crippen LogP contribution in [0, 0.1) is 18.9 Å². The van der Waals surface area contributed by atoms with Gasteiger partial charge in [-0.1, -0.05) is 48.0 Å². The fraction of sp³-hybridized carbons (Fsp3) is 0.211. The van der Waals surface area contributed by atoms with Gasteiger partial charge in [0.2, 0.25) is 5.89 Å². The third-order valence-corrected chi connectivity index (χ3v) is 3.62. The van der Waals surface area contributed by atoms with Crippen LogP contribution in [0.25, 0.3) is 11.4 Å². The minimum Gasteiger partial charge on any atom is -0.393 e. The summed E-state index contributed by atoms with van der Waals surface area (Å²) < 4.78 is 5.30. The second kappa shape index (κ2) is 8.36. The Bertz CT molecular complexity index is 755. The number of hydrogen-bond acceptors (Lipinski definition) is 4. The molecule has 3 aromatic rings. The van der Waals surface area contributed by atoms with Crippen LogP contribution in [0.15, 0.2) is 53.1 Å². The summed E-state index contributed by atoms with van der Waals surface area (Å²) in [6, 6.07) is 18.5. The van der Waals surface area contributed by atoms with Crippen molar-refractivity contribution >= 4 is 0 Å². The van der Waals surface area contributed by atoms with E-state index in [-0.39, 0.29) is 27.0 Å². The summed E-state index contributed by atoms with van der Waals surface area (Å²) in [5.41, 5.74) is 2.64. The minimum atomic E-state index is -0.622. The molecule has 0 aliphatic heterocycles. The number of benzene rings is 2. The Labute approximate surface area is 156 Å². The van der Waals surface area contributed by atoms with E-state index in [1.165, 1.54) is 0 Å². The van der Waals surface area contributed by atoms with Crippen molar-refractivity contribution < 1.29 is 30.7 Å². The van der Waals surface area contributed by atoms with Crippen molar-refractivity contribution in [3.63, 3.8) is 0 Å². The average molecular weight is 490 g/mol. The number of aliphatic hydroxyl groups excluding tert-OH is 1. The van der Waals surface area contributed by atoms with Crippen LogP contribution in [-0.4, -0.2) is 15.2 Å². The zero-order chi connectivity index (χ0) is 16.2. The summed E-state index contributed by atoms with van der Waals surface area (Å²) in [5, 5.41) is 14.0. The van der Waals surface area contributed by atoms with E-state index in [0.717, 1.165) is 11.1 Å². The molecule has 5 heteroatoms. The van der Waals surface area contributed by atoms with Gasteiger partial charge < -0.3 is 16.6 Å². The van der Waals surface area contributed by atoms with E-state index in [9.17, 15) is 5.11 Å². The fourth-order valence-corrected chi connectivity index (χ4v) is 2.28. The van der Waals surface area contributed by atoms with E-state index in [1.54, 1.807) is 6.07 Å². The molecule has 2 unspecified atom stereocenters. The van der Waals surface area contributed by atoms with E-state index in [1.807, 2.05) is 49.4 Å². The third kappa shape index (κ3) is 4.40. The molecule has 0 saturated heterocycles. The third-order valence-electron chi connectivity index (χ3n) is 3.62. The SMILES string of the molecule is [CH2-]C(C)C(O)c1[c-]cc(-c2noc(Cc3ccccc3)n2)cc1.[W+2]. The molecule has 1 aromatic heterocycles. The Balaban J connectivity index is 0.00000208. The van der Waals surface area contributed by atoms with E-state index in [2.05, 4.69) is 23.1 Å². The molecule has 0 spiro atoms. The average Bonchev–Trinajstić information content (AvgIpc) is 3.03. The summed E-state index contributed by atoms with van der Waals surface area (Å²) in [7, 11) is 0. The van der Waals surface area contributed by atoms with Gasteiger partial charge in [-0.15, -0.1) is 11.5 Å². The van der Waals surface area contributed by atoms with E-state index >= 15 is 0 Å². The fourth-order valence-electron chi connectivity index (χ4n) is 2.28. The van der Waals surface area contributed by atoms with Crippen LogP contribution in [0.5, 0.6) is 0 Å². The predicted octanol–water partition coefficient (Wildman–Crippen LogP) is 3.63. The summed E-state index contributed by atoms with van der Waals surface area (Å²) in [6.45, 7) is 5.69. The van der Waals surface area contributed by atoms with Crippen molar-refractivity contribution in [1.82, 2.24) is 10.1 Å². The molecule has 24 heavy (non-hydrogen) atoms. The Hall–Kier alpha value is -1.77. The molecule has 122 valence electrons. The van der Waals surface area contributed by atoms with Crippen LogP contribution in [0.1, 0.15) is 30.0 Å². The van der Waals surface area contributed by atoms with Crippen molar-refractivity contribution in [2.75, 3.05) is 0 Å². The van der Waals surface area contributed by atoms with Gasteiger partial charge in [0.1, 0.15) is 5.82 Å². The van der Waals surface area contributed by atoms with Crippen LogP contribution in [0.4, 0.5) is 0 Å². The topological polar surface area (TPSA) is 59.2 Å². The first kappa shape index (κ1) is 18.6. The van der Waals surface area contributed by atoms with Crippen molar-refractivity contribution in [3.8, 4) is 11.4 Å². The molecule has 0 radical (unpaired) electrons. The first-order valence-electron chi connectivity index (χ1n) is 7.53. The van der Waals surface area contributed by atoms with Gasteiger partial charge >= 0.3 is 21.1 Å². The van der Waals surface area contributed by atoms with Crippen molar-refractivity contribution in [2.45, 2.75) is 19.4 Å². The van der Waals surface area contributed by atoms with Gasteiger partial charge in [-0.2, -0.15) is 24.3 Å². The Kier molecular flexibility index (Phi) is 6.47. The monoisotopic (exact) mass is 490 g/mol. The summed E-state index contributed by atoms with van der Waals surface area (Å²) in [4.78, 5) is 4.41. The molecule has 1 heterocycles. The van der Waals surface area contributed by atoms with Gasteiger partial charge in [0.05, 0.1) is 6.42 Å². The van der Waals surface area contributed by atoms with Crippen molar-refractivity contribution in [1.29, 1.82) is 0 Å². The Morgan fingerprint density at radius 1 is 1.21 bits per heavy atom. The zero-order valence-corrected chi connectivity index (χ0v) is 16.3. The van der Waals surface area contributed by atoms with E-state index < -0.39 is 6.10 Å². The van der Waals surface area contributed by atoms with Crippen LogP contribution in [0.2, 0.25) is 0 Å². The Morgan fingerprint density at radius 3 is 2.58 bits per heavy atom. The number of nitrogens with zero attached hydrogens (tertiary/aromatic N) is 2. The molecular formula is C19H18N2O2W. The summed E-state index contributed by atoms with van der Waals surface area (Å²) >= 11 is 0. The molecule has 0 saturated carbocycles. The van der Waals surface area contributed by atoms with Crippen LogP contribution in [0.3, 0.4) is 0 Å². The van der Waals surface area contributed by atoms with Crippen molar-refractivity contribution in [2.24, 2.45) is 5.92 Å². The smallest absolute Gasteiger partial charge is 0.393 e. The predicted molar refractivity (Wildman–Crippen MR) is 87.3 cm³/mol. The molecule has 1 N–H and O–H groups in total. The van der Waals surface area contributed by atoms with E-state index in [0.29, 0.717) is 23.7 Å². The maximum absolute atomic E-state index is 9.98. The first-order valence-corrected chi connectivity index (χ1v) is 7.53. The maximum atomic E-state index is 9.98. The molecule has 2 aromatic carbocycles. The van der Waals surface area contributed by atoms with Gasteiger partial charge in [-0.3, -0.25) is 0 Å². The minimum absolute atomic E-state index is 0. The second-order valence-electron chi connectivity index (χ2n) is 5.63. The molecule has 3 rings (SSSR count). The number of aliphatic hydroxyl groups is 1. The summed E-state index contributed by atoms with van der Waals surface area (Å²) in [5.74, 6) is 0.998. The Morgan fingerprint density at radius 2 is 1.96 bits per heavy atom. The molecule has 0 fully saturated rings. The molecule has 4 nitrogen and oxygen atoms in total.